The molecule has 2 saturated heterocycles. The largest absolute Gasteiger partial charge is 0.381 e. The second kappa shape index (κ2) is 4.40. The Labute approximate surface area is 80.2 Å². The Morgan fingerprint density at radius 2 is 2.15 bits per heavy atom. The molecule has 3 nitrogen and oxygen atoms in total. The first-order valence-electron chi connectivity index (χ1n) is 5.38. The van der Waals surface area contributed by atoms with Gasteiger partial charge < -0.3 is 15.4 Å². The summed E-state index contributed by atoms with van der Waals surface area (Å²) in [5, 5.41) is 0. The van der Waals surface area contributed by atoms with Gasteiger partial charge in [0.1, 0.15) is 0 Å². The van der Waals surface area contributed by atoms with E-state index in [0.29, 0.717) is 0 Å². The second-order valence-electron chi connectivity index (χ2n) is 4.38. The Morgan fingerprint density at radius 1 is 1.31 bits per heavy atom. The van der Waals surface area contributed by atoms with Crippen molar-refractivity contribution in [1.82, 2.24) is 4.90 Å². The molecule has 2 heterocycles. The van der Waals surface area contributed by atoms with Crippen LogP contribution in [0.1, 0.15) is 12.8 Å². The third-order valence-electron chi connectivity index (χ3n) is 3.26. The van der Waals surface area contributed by atoms with Crippen LogP contribution < -0.4 is 5.73 Å². The Morgan fingerprint density at radius 3 is 2.69 bits per heavy atom. The van der Waals surface area contributed by atoms with Crippen molar-refractivity contribution in [2.75, 3.05) is 39.4 Å². The maximum Gasteiger partial charge on any atom is 0.0516 e. The van der Waals surface area contributed by atoms with Crippen molar-refractivity contribution < 1.29 is 4.74 Å². The van der Waals surface area contributed by atoms with Crippen molar-refractivity contribution in [3.8, 4) is 0 Å². The van der Waals surface area contributed by atoms with E-state index in [0.717, 1.165) is 31.6 Å². The zero-order valence-corrected chi connectivity index (χ0v) is 8.24. The predicted octanol–water partition coefficient (Wildman–Crippen LogP) is 0.304. The smallest absolute Gasteiger partial charge is 0.0516 e. The highest BCUT2D eigenvalue weighted by atomic mass is 16.5. The second-order valence-corrected chi connectivity index (χ2v) is 4.38. The molecule has 0 aromatic carbocycles. The van der Waals surface area contributed by atoms with Crippen LogP contribution in [0.5, 0.6) is 0 Å². The lowest BCUT2D eigenvalue weighted by atomic mass is 10.0. The van der Waals surface area contributed by atoms with Crippen molar-refractivity contribution in [2.24, 2.45) is 17.6 Å². The van der Waals surface area contributed by atoms with Gasteiger partial charge in [0.05, 0.1) is 13.2 Å². The third-order valence-corrected chi connectivity index (χ3v) is 3.26. The van der Waals surface area contributed by atoms with E-state index in [4.69, 9.17) is 10.5 Å². The maximum absolute atomic E-state index is 5.64. The Hall–Kier alpha value is -0.120. The lowest BCUT2D eigenvalue weighted by molar-refractivity contribution is -0.0384. The molecule has 2 aliphatic heterocycles. The normalized spacial score (nSPS) is 30.7. The molecule has 0 amide bonds. The molecule has 0 aromatic heterocycles. The number of hydrogen-bond donors (Lipinski definition) is 1. The van der Waals surface area contributed by atoms with E-state index in [-0.39, 0.29) is 0 Å². The Kier molecular flexibility index (Phi) is 3.19. The van der Waals surface area contributed by atoms with Crippen molar-refractivity contribution in [1.29, 1.82) is 0 Å². The first-order chi connectivity index (χ1) is 6.38. The van der Waals surface area contributed by atoms with Crippen LogP contribution in [0.4, 0.5) is 0 Å². The highest BCUT2D eigenvalue weighted by Gasteiger charge is 2.23. The molecule has 0 aliphatic carbocycles. The molecule has 76 valence electrons. The fraction of sp³-hybridized carbons (Fsp3) is 1.00. The average Bonchev–Trinajstić information content (AvgIpc) is 2.49. The summed E-state index contributed by atoms with van der Waals surface area (Å²) in [5.74, 6) is 1.61. The van der Waals surface area contributed by atoms with E-state index in [2.05, 4.69) is 4.90 Å². The highest BCUT2D eigenvalue weighted by molar-refractivity contribution is 4.77. The number of nitrogens with zero attached hydrogens (tertiary/aromatic N) is 1. The third kappa shape index (κ3) is 2.42. The monoisotopic (exact) mass is 184 g/mol. The van der Waals surface area contributed by atoms with E-state index in [9.17, 15) is 0 Å². The number of rotatable bonds is 4. The summed E-state index contributed by atoms with van der Waals surface area (Å²) in [6.07, 6.45) is 2.62. The van der Waals surface area contributed by atoms with Crippen LogP contribution in [-0.2, 0) is 4.74 Å². The molecule has 2 aliphatic rings. The number of hydrogen-bond acceptors (Lipinski definition) is 3. The minimum absolute atomic E-state index is 0.762. The van der Waals surface area contributed by atoms with E-state index in [1.807, 2.05) is 0 Å². The van der Waals surface area contributed by atoms with Crippen LogP contribution in [0.15, 0.2) is 0 Å². The van der Waals surface area contributed by atoms with Crippen LogP contribution in [0, 0.1) is 11.8 Å². The number of ether oxygens (including phenoxy) is 1. The highest BCUT2D eigenvalue weighted by Crippen LogP contribution is 2.19. The fourth-order valence-corrected chi connectivity index (χ4v) is 2.12. The van der Waals surface area contributed by atoms with Crippen LogP contribution in [0.25, 0.3) is 0 Å². The summed E-state index contributed by atoms with van der Waals surface area (Å²) in [7, 11) is 0. The molecule has 13 heavy (non-hydrogen) atoms. The summed E-state index contributed by atoms with van der Waals surface area (Å²) in [5.41, 5.74) is 5.64. The molecule has 0 aromatic rings. The molecule has 0 radical (unpaired) electrons. The SMILES string of the molecule is NCC1CCN(CCC2COC2)C1. The van der Waals surface area contributed by atoms with Crippen LogP contribution in [0.3, 0.4) is 0 Å². The molecule has 1 unspecified atom stereocenters. The van der Waals surface area contributed by atoms with Gasteiger partial charge >= 0.3 is 0 Å². The molecule has 0 bridgehead atoms. The molecule has 2 N–H and O–H groups in total. The maximum atomic E-state index is 5.64. The first-order valence-corrected chi connectivity index (χ1v) is 5.38. The van der Waals surface area contributed by atoms with E-state index >= 15 is 0 Å². The Bertz CT molecular complexity index is 159. The molecular weight excluding hydrogens is 164 g/mol. The molecule has 2 rings (SSSR count). The topological polar surface area (TPSA) is 38.5 Å². The summed E-state index contributed by atoms with van der Waals surface area (Å²) >= 11 is 0. The molecule has 0 saturated carbocycles. The molecule has 1 atom stereocenters. The van der Waals surface area contributed by atoms with Gasteiger partial charge in [-0.05, 0) is 38.4 Å². The lowest BCUT2D eigenvalue weighted by Gasteiger charge is -2.27. The average molecular weight is 184 g/mol. The van der Waals surface area contributed by atoms with Gasteiger partial charge in [0.25, 0.3) is 0 Å². The van der Waals surface area contributed by atoms with E-state index in [1.54, 1.807) is 0 Å². The van der Waals surface area contributed by atoms with Gasteiger partial charge in [0, 0.05) is 12.5 Å². The first kappa shape index (κ1) is 9.44. The number of likely N-dealkylation sites (tertiary alicyclic amines) is 1. The van der Waals surface area contributed by atoms with Crippen molar-refractivity contribution in [2.45, 2.75) is 12.8 Å². The van der Waals surface area contributed by atoms with Gasteiger partial charge in [-0.2, -0.15) is 0 Å². The van der Waals surface area contributed by atoms with Gasteiger partial charge in [-0.1, -0.05) is 0 Å². The van der Waals surface area contributed by atoms with Crippen LogP contribution >= 0.6 is 0 Å². The molecule has 2 fully saturated rings. The summed E-state index contributed by atoms with van der Waals surface area (Å²) in [4.78, 5) is 2.55. The zero-order valence-electron chi connectivity index (χ0n) is 8.24. The minimum atomic E-state index is 0.762. The Balaban J connectivity index is 1.59. The van der Waals surface area contributed by atoms with Crippen molar-refractivity contribution >= 4 is 0 Å². The molecule has 3 heteroatoms. The van der Waals surface area contributed by atoms with E-state index in [1.165, 1.54) is 32.5 Å². The van der Waals surface area contributed by atoms with Crippen LogP contribution in [0.2, 0.25) is 0 Å². The van der Waals surface area contributed by atoms with E-state index < -0.39 is 0 Å². The van der Waals surface area contributed by atoms with Gasteiger partial charge in [-0.25, -0.2) is 0 Å². The van der Waals surface area contributed by atoms with Gasteiger partial charge in [0.15, 0.2) is 0 Å². The standard InChI is InChI=1S/C10H20N2O/c11-5-9-1-3-12(6-9)4-2-10-7-13-8-10/h9-10H,1-8,11H2. The van der Waals surface area contributed by atoms with Crippen molar-refractivity contribution in [3.63, 3.8) is 0 Å². The summed E-state index contributed by atoms with van der Waals surface area (Å²) in [6, 6.07) is 0. The summed E-state index contributed by atoms with van der Waals surface area (Å²) in [6.45, 7) is 6.59. The quantitative estimate of drug-likeness (QED) is 0.683. The van der Waals surface area contributed by atoms with Crippen molar-refractivity contribution in [3.05, 3.63) is 0 Å². The van der Waals surface area contributed by atoms with Gasteiger partial charge in [-0.3, -0.25) is 0 Å². The fourth-order valence-electron chi connectivity index (χ4n) is 2.12. The van der Waals surface area contributed by atoms with Crippen LogP contribution in [-0.4, -0.2) is 44.3 Å². The predicted molar refractivity (Wildman–Crippen MR) is 52.5 cm³/mol. The zero-order chi connectivity index (χ0) is 9.10. The minimum Gasteiger partial charge on any atom is -0.381 e. The molecule has 0 spiro atoms. The summed E-state index contributed by atoms with van der Waals surface area (Å²) < 4.78 is 5.15. The molecular formula is C10H20N2O. The lowest BCUT2D eigenvalue weighted by Crippen LogP contribution is -2.32. The van der Waals surface area contributed by atoms with Gasteiger partial charge in [0.2, 0.25) is 0 Å². The number of nitrogens with two attached hydrogens (primary N) is 1. The van der Waals surface area contributed by atoms with Gasteiger partial charge in [-0.15, -0.1) is 0 Å².